The van der Waals surface area contributed by atoms with Crippen LogP contribution in [0.25, 0.3) is 22.3 Å². The van der Waals surface area contributed by atoms with Gasteiger partial charge in [-0.25, -0.2) is 4.98 Å². The highest BCUT2D eigenvalue weighted by Gasteiger charge is 2.17. The van der Waals surface area contributed by atoms with Crippen LogP contribution in [0.2, 0.25) is 0 Å². The van der Waals surface area contributed by atoms with Gasteiger partial charge in [0.1, 0.15) is 11.5 Å². The molecule has 1 saturated heterocycles. The molecule has 1 aliphatic heterocycles. The molecular weight excluding hydrogens is 444 g/mol. The quantitative estimate of drug-likeness (QED) is 0.400. The first-order valence-electron chi connectivity index (χ1n) is 11.8. The number of piperidine rings is 1. The van der Waals surface area contributed by atoms with Gasteiger partial charge in [0, 0.05) is 47.9 Å². The van der Waals surface area contributed by atoms with E-state index >= 15 is 0 Å². The Balaban J connectivity index is 1.49. The van der Waals surface area contributed by atoms with Crippen molar-refractivity contribution in [1.29, 1.82) is 0 Å². The summed E-state index contributed by atoms with van der Waals surface area (Å²) in [5.74, 6) is 1.35. The van der Waals surface area contributed by atoms with Crippen LogP contribution < -0.4 is 19.7 Å². The number of hydrogen-bond acceptors (Lipinski definition) is 8. The van der Waals surface area contributed by atoms with E-state index in [1.165, 1.54) is 0 Å². The van der Waals surface area contributed by atoms with Crippen LogP contribution in [0.3, 0.4) is 0 Å². The molecule has 1 aliphatic rings. The van der Waals surface area contributed by atoms with Crippen LogP contribution >= 0.6 is 0 Å². The van der Waals surface area contributed by atoms with Crippen molar-refractivity contribution in [3.63, 3.8) is 0 Å². The van der Waals surface area contributed by atoms with Gasteiger partial charge in [0.25, 0.3) is 0 Å². The minimum absolute atomic E-state index is 0.0147. The van der Waals surface area contributed by atoms with E-state index in [9.17, 15) is 5.11 Å². The van der Waals surface area contributed by atoms with Crippen molar-refractivity contribution >= 4 is 22.4 Å². The van der Waals surface area contributed by atoms with Gasteiger partial charge < -0.3 is 24.8 Å². The summed E-state index contributed by atoms with van der Waals surface area (Å²) >= 11 is 0. The Morgan fingerprint density at radius 3 is 2.49 bits per heavy atom. The first kappa shape index (κ1) is 23.1. The summed E-state index contributed by atoms with van der Waals surface area (Å²) in [6.07, 6.45) is 7.87. The average molecular weight is 475 g/mol. The van der Waals surface area contributed by atoms with Gasteiger partial charge in [-0.3, -0.25) is 9.67 Å². The molecule has 2 aromatic heterocycles. The second-order valence-electron chi connectivity index (χ2n) is 8.56. The van der Waals surface area contributed by atoms with Gasteiger partial charge >= 0.3 is 0 Å². The third kappa shape index (κ3) is 4.91. The van der Waals surface area contributed by atoms with Crippen LogP contribution in [0.1, 0.15) is 18.9 Å². The lowest BCUT2D eigenvalue weighted by Gasteiger charge is -2.25. The van der Waals surface area contributed by atoms with Crippen LogP contribution in [0.15, 0.2) is 55.0 Å². The number of nitrogens with one attached hydrogen (secondary N) is 1. The lowest BCUT2D eigenvalue weighted by atomic mass is 10.1. The third-order valence-electron chi connectivity index (χ3n) is 6.39. The Hall–Kier alpha value is -3.69. The van der Waals surface area contributed by atoms with Crippen LogP contribution in [-0.2, 0) is 0 Å². The average Bonchev–Trinajstić information content (AvgIpc) is 3.42. The monoisotopic (exact) mass is 474 g/mol. The molecule has 9 heteroatoms. The molecule has 0 spiro atoms. The van der Waals surface area contributed by atoms with E-state index in [1.54, 1.807) is 20.4 Å². The summed E-state index contributed by atoms with van der Waals surface area (Å²) in [7, 11) is 3.24. The zero-order valence-electron chi connectivity index (χ0n) is 20.0. The summed E-state index contributed by atoms with van der Waals surface area (Å²) < 4.78 is 12.9. The molecule has 0 bridgehead atoms. The molecule has 2 N–H and O–H groups in total. The van der Waals surface area contributed by atoms with Crippen LogP contribution in [0.4, 0.5) is 11.4 Å². The van der Waals surface area contributed by atoms with E-state index in [4.69, 9.17) is 14.5 Å². The molecule has 3 heterocycles. The highest BCUT2D eigenvalue weighted by molar-refractivity contribution is 5.82. The van der Waals surface area contributed by atoms with Crippen molar-refractivity contribution < 1.29 is 14.6 Å². The van der Waals surface area contributed by atoms with Gasteiger partial charge in [-0.05, 0) is 44.1 Å². The minimum atomic E-state index is -0.0147. The number of fused-ring (bicyclic) bond motifs is 1. The molecule has 0 atom stereocenters. The summed E-state index contributed by atoms with van der Waals surface area (Å²) in [6.45, 7) is 2.42. The summed E-state index contributed by atoms with van der Waals surface area (Å²) in [5.41, 5.74) is 5.04. The standard InChI is InChI=1S/C26H30N6O3/c1-34-22-11-21(12-23(14-22)35-2)31(9-10-33)20-3-4-24-25(13-20)30-26(16-28-24)18-15-29-32(17-18)19-5-7-27-8-6-19/h3-4,11-17,19,27,33H,5-10H2,1-2H3. The van der Waals surface area contributed by atoms with Crippen molar-refractivity contribution in [3.05, 3.63) is 55.0 Å². The van der Waals surface area contributed by atoms with Crippen molar-refractivity contribution in [2.24, 2.45) is 0 Å². The Bertz CT molecular complexity index is 1280. The predicted octanol–water partition coefficient (Wildman–Crippen LogP) is 3.57. The minimum Gasteiger partial charge on any atom is -0.497 e. The largest absolute Gasteiger partial charge is 0.497 e. The first-order valence-corrected chi connectivity index (χ1v) is 11.8. The molecule has 5 rings (SSSR count). The number of benzene rings is 2. The number of aromatic nitrogens is 4. The van der Waals surface area contributed by atoms with E-state index in [0.717, 1.165) is 59.6 Å². The molecule has 182 valence electrons. The van der Waals surface area contributed by atoms with E-state index in [2.05, 4.69) is 26.3 Å². The number of aliphatic hydroxyl groups excluding tert-OH is 1. The molecule has 35 heavy (non-hydrogen) atoms. The lowest BCUT2D eigenvalue weighted by molar-refractivity contribution is 0.305. The number of hydrogen-bond donors (Lipinski definition) is 2. The van der Waals surface area contributed by atoms with E-state index in [-0.39, 0.29) is 6.61 Å². The van der Waals surface area contributed by atoms with Crippen molar-refractivity contribution in [2.45, 2.75) is 18.9 Å². The summed E-state index contributed by atoms with van der Waals surface area (Å²) in [4.78, 5) is 11.5. The van der Waals surface area contributed by atoms with Crippen LogP contribution in [0.5, 0.6) is 11.5 Å². The fraction of sp³-hybridized carbons (Fsp3) is 0.346. The van der Waals surface area contributed by atoms with Gasteiger partial charge in [-0.1, -0.05) is 0 Å². The molecular formula is C26H30N6O3. The molecule has 1 fully saturated rings. The Labute approximate surface area is 204 Å². The predicted molar refractivity (Wildman–Crippen MR) is 136 cm³/mol. The topological polar surface area (TPSA) is 97.6 Å². The normalized spacial score (nSPS) is 14.3. The number of aliphatic hydroxyl groups is 1. The van der Waals surface area contributed by atoms with Crippen molar-refractivity contribution in [3.8, 4) is 22.8 Å². The first-order chi connectivity index (χ1) is 17.2. The summed E-state index contributed by atoms with van der Waals surface area (Å²) in [5, 5.41) is 17.8. The molecule has 2 aromatic carbocycles. The van der Waals surface area contributed by atoms with E-state index in [0.29, 0.717) is 24.1 Å². The summed E-state index contributed by atoms with van der Waals surface area (Å²) in [6, 6.07) is 12.0. The Kier molecular flexibility index (Phi) is 6.78. The highest BCUT2D eigenvalue weighted by atomic mass is 16.5. The van der Waals surface area contributed by atoms with Gasteiger partial charge in [-0.15, -0.1) is 0 Å². The molecule has 0 amide bonds. The molecule has 0 unspecified atom stereocenters. The van der Waals surface area contributed by atoms with Gasteiger partial charge in [0.15, 0.2) is 0 Å². The molecule has 0 radical (unpaired) electrons. The second kappa shape index (κ2) is 10.3. The Morgan fingerprint density at radius 1 is 1.00 bits per heavy atom. The zero-order valence-corrected chi connectivity index (χ0v) is 20.0. The third-order valence-corrected chi connectivity index (χ3v) is 6.39. The molecule has 0 saturated carbocycles. The smallest absolute Gasteiger partial charge is 0.124 e. The maximum absolute atomic E-state index is 9.78. The number of ether oxygens (including phenoxy) is 2. The van der Waals surface area contributed by atoms with Gasteiger partial charge in [0.2, 0.25) is 0 Å². The van der Waals surface area contributed by atoms with E-state index in [1.807, 2.05) is 47.5 Å². The number of methoxy groups -OCH3 is 2. The SMILES string of the molecule is COc1cc(OC)cc(N(CCO)c2ccc3ncc(-c4cnn(C5CCNCC5)c4)nc3c2)c1. The molecule has 4 aromatic rings. The van der Waals surface area contributed by atoms with Crippen LogP contribution in [0, 0.1) is 0 Å². The van der Waals surface area contributed by atoms with Gasteiger partial charge in [0.05, 0.1) is 56.0 Å². The number of rotatable bonds is 8. The van der Waals surface area contributed by atoms with E-state index < -0.39 is 0 Å². The zero-order chi connectivity index (χ0) is 24.2. The number of anilines is 2. The lowest BCUT2D eigenvalue weighted by Crippen LogP contribution is -2.29. The van der Waals surface area contributed by atoms with Gasteiger partial charge in [-0.2, -0.15) is 5.10 Å². The maximum Gasteiger partial charge on any atom is 0.124 e. The molecule has 9 nitrogen and oxygen atoms in total. The highest BCUT2D eigenvalue weighted by Crippen LogP contribution is 2.34. The van der Waals surface area contributed by atoms with Crippen molar-refractivity contribution in [2.75, 3.05) is 45.4 Å². The Morgan fingerprint density at radius 2 is 1.77 bits per heavy atom. The fourth-order valence-electron chi connectivity index (χ4n) is 4.50. The fourth-order valence-corrected chi connectivity index (χ4v) is 4.50. The van der Waals surface area contributed by atoms with Crippen molar-refractivity contribution in [1.82, 2.24) is 25.1 Å². The maximum atomic E-state index is 9.78. The molecule has 0 aliphatic carbocycles. The second-order valence-corrected chi connectivity index (χ2v) is 8.56. The van der Waals surface area contributed by atoms with Crippen LogP contribution in [-0.4, -0.2) is 65.3 Å². The number of nitrogens with zero attached hydrogens (tertiary/aromatic N) is 5.